The van der Waals surface area contributed by atoms with Crippen LogP contribution in [0.1, 0.15) is 36.0 Å². The number of carbonyl (C=O) groups excluding carboxylic acids is 3. The molecule has 1 aliphatic heterocycles. The fourth-order valence-corrected chi connectivity index (χ4v) is 2.57. The summed E-state index contributed by atoms with van der Waals surface area (Å²) in [6.45, 7) is -0.154. The van der Waals surface area contributed by atoms with E-state index in [4.69, 9.17) is 14.2 Å². The van der Waals surface area contributed by atoms with Gasteiger partial charge in [0.1, 0.15) is 6.54 Å². The number of Topliss-reactive ketones (excluding diaryl/α,β-unsaturated/α-hetero) is 1. The second kappa shape index (κ2) is 6.68. The van der Waals surface area contributed by atoms with Gasteiger partial charge in [-0.15, -0.1) is 0 Å². The Balaban J connectivity index is 1.50. The van der Waals surface area contributed by atoms with E-state index in [1.807, 2.05) is 0 Å². The third-order valence-corrected chi connectivity index (χ3v) is 3.80. The van der Waals surface area contributed by atoms with Gasteiger partial charge in [-0.3, -0.25) is 14.4 Å². The van der Waals surface area contributed by atoms with Crippen LogP contribution >= 0.6 is 0 Å². The smallest absolute Gasteiger partial charge is 0.326 e. The molecule has 1 aromatic carbocycles. The fourth-order valence-electron chi connectivity index (χ4n) is 2.57. The van der Waals surface area contributed by atoms with Crippen LogP contribution < -0.4 is 14.8 Å². The molecule has 0 radical (unpaired) electrons. The standard InChI is InChI=1S/C16H17NO6/c18-11-3-1-2-4-12(11)23-15(19)8-17-16(20)10-5-6-13-14(7-10)22-9-21-13/h5-7,12H,1-4,8-9H2,(H,17,20)/t12-/m1/s1. The molecule has 7 heteroatoms. The number of nitrogens with one attached hydrogen (secondary N) is 1. The van der Waals surface area contributed by atoms with Crippen molar-refractivity contribution in [2.45, 2.75) is 31.8 Å². The molecule has 122 valence electrons. The van der Waals surface area contributed by atoms with Crippen LogP contribution in [0.2, 0.25) is 0 Å². The number of hydrogen-bond acceptors (Lipinski definition) is 6. The Morgan fingerprint density at radius 1 is 1.22 bits per heavy atom. The SMILES string of the molecule is O=C(CNC(=O)c1ccc2c(c1)OCO2)O[C@@H]1CCCCC1=O. The number of fused-ring (bicyclic) bond motifs is 1. The second-order valence-corrected chi connectivity index (χ2v) is 5.44. The van der Waals surface area contributed by atoms with Gasteiger partial charge in [-0.2, -0.15) is 0 Å². The molecule has 1 N–H and O–H groups in total. The van der Waals surface area contributed by atoms with Crippen molar-refractivity contribution in [3.63, 3.8) is 0 Å². The first kappa shape index (κ1) is 15.3. The van der Waals surface area contributed by atoms with E-state index in [9.17, 15) is 14.4 Å². The van der Waals surface area contributed by atoms with Crippen molar-refractivity contribution in [2.24, 2.45) is 0 Å². The molecule has 7 nitrogen and oxygen atoms in total. The highest BCUT2D eigenvalue weighted by molar-refractivity contribution is 5.96. The molecule has 1 aliphatic carbocycles. The molecule has 1 heterocycles. The van der Waals surface area contributed by atoms with Gasteiger partial charge >= 0.3 is 5.97 Å². The zero-order chi connectivity index (χ0) is 16.2. The zero-order valence-electron chi connectivity index (χ0n) is 12.5. The van der Waals surface area contributed by atoms with E-state index >= 15 is 0 Å². The molecule has 0 aromatic heterocycles. The Morgan fingerprint density at radius 2 is 2.04 bits per heavy atom. The van der Waals surface area contributed by atoms with Crippen LogP contribution in [0.25, 0.3) is 0 Å². The van der Waals surface area contributed by atoms with Crippen molar-refractivity contribution in [3.05, 3.63) is 23.8 Å². The van der Waals surface area contributed by atoms with E-state index in [1.54, 1.807) is 18.2 Å². The van der Waals surface area contributed by atoms with Gasteiger partial charge in [0.15, 0.2) is 23.4 Å². The number of esters is 1. The van der Waals surface area contributed by atoms with Crippen molar-refractivity contribution in [1.29, 1.82) is 0 Å². The summed E-state index contributed by atoms with van der Waals surface area (Å²) in [5.74, 6) is -0.00828. The lowest BCUT2D eigenvalue weighted by Crippen LogP contribution is -2.36. The van der Waals surface area contributed by atoms with Gasteiger partial charge < -0.3 is 19.5 Å². The maximum atomic E-state index is 12.0. The monoisotopic (exact) mass is 319 g/mol. The molecule has 0 saturated heterocycles. The summed E-state index contributed by atoms with van der Waals surface area (Å²) in [5, 5.41) is 2.47. The molecule has 0 spiro atoms. The lowest BCUT2D eigenvalue weighted by atomic mass is 9.96. The molecule has 1 aromatic rings. The summed E-state index contributed by atoms with van der Waals surface area (Å²) in [4.78, 5) is 35.4. The van der Waals surface area contributed by atoms with Gasteiger partial charge in [0, 0.05) is 12.0 Å². The molecule has 1 amide bonds. The highest BCUT2D eigenvalue weighted by atomic mass is 16.7. The quantitative estimate of drug-likeness (QED) is 0.839. The van der Waals surface area contributed by atoms with Crippen LogP contribution in [-0.4, -0.2) is 37.1 Å². The number of ether oxygens (including phenoxy) is 3. The molecule has 0 bridgehead atoms. The van der Waals surface area contributed by atoms with Crippen LogP contribution in [0.4, 0.5) is 0 Å². The topological polar surface area (TPSA) is 90.9 Å². The first-order chi connectivity index (χ1) is 11.1. The maximum absolute atomic E-state index is 12.0. The van der Waals surface area contributed by atoms with Crippen LogP contribution in [0.5, 0.6) is 11.5 Å². The molecular weight excluding hydrogens is 302 g/mol. The molecule has 1 saturated carbocycles. The van der Waals surface area contributed by atoms with E-state index in [2.05, 4.69) is 5.32 Å². The van der Waals surface area contributed by atoms with Crippen LogP contribution in [0.3, 0.4) is 0 Å². The van der Waals surface area contributed by atoms with Crippen molar-refractivity contribution >= 4 is 17.7 Å². The summed E-state index contributed by atoms with van der Waals surface area (Å²) in [6.07, 6.45) is 2.04. The minimum absolute atomic E-state index is 0.0494. The number of ketones is 1. The Hall–Kier alpha value is -2.57. The van der Waals surface area contributed by atoms with Crippen molar-refractivity contribution in [2.75, 3.05) is 13.3 Å². The van der Waals surface area contributed by atoms with Crippen molar-refractivity contribution < 1.29 is 28.6 Å². The van der Waals surface area contributed by atoms with Gasteiger partial charge in [0.25, 0.3) is 5.91 Å². The predicted molar refractivity (Wildman–Crippen MR) is 78.3 cm³/mol. The Bertz CT molecular complexity index is 641. The lowest BCUT2D eigenvalue weighted by Gasteiger charge is -2.20. The summed E-state index contributed by atoms with van der Waals surface area (Å²) in [7, 11) is 0. The summed E-state index contributed by atoms with van der Waals surface area (Å²) in [6, 6.07) is 4.77. The zero-order valence-corrected chi connectivity index (χ0v) is 12.5. The molecule has 2 aliphatic rings. The first-order valence-electron chi connectivity index (χ1n) is 7.53. The first-order valence-corrected chi connectivity index (χ1v) is 7.53. The van der Waals surface area contributed by atoms with Crippen molar-refractivity contribution in [3.8, 4) is 11.5 Å². The van der Waals surface area contributed by atoms with Gasteiger partial charge in [0.05, 0.1) is 0 Å². The van der Waals surface area contributed by atoms with Crippen LogP contribution in [0, 0.1) is 0 Å². The van der Waals surface area contributed by atoms with Gasteiger partial charge in [-0.25, -0.2) is 0 Å². The van der Waals surface area contributed by atoms with E-state index in [1.165, 1.54) is 0 Å². The van der Waals surface area contributed by atoms with Gasteiger partial charge in [-0.05, 0) is 37.5 Å². The largest absolute Gasteiger partial charge is 0.454 e. The molecule has 0 unspecified atom stereocenters. The van der Waals surface area contributed by atoms with E-state index < -0.39 is 18.0 Å². The summed E-state index contributed by atoms with van der Waals surface area (Å²) in [5.41, 5.74) is 0.357. The predicted octanol–water partition coefficient (Wildman–Crippen LogP) is 1.20. The Labute approximate surface area is 132 Å². The Morgan fingerprint density at radius 3 is 2.87 bits per heavy atom. The fraction of sp³-hybridized carbons (Fsp3) is 0.438. The third kappa shape index (κ3) is 3.61. The summed E-state index contributed by atoms with van der Waals surface area (Å²) >= 11 is 0. The average molecular weight is 319 g/mol. The highest BCUT2D eigenvalue weighted by Crippen LogP contribution is 2.32. The van der Waals surface area contributed by atoms with Crippen LogP contribution in [-0.2, 0) is 14.3 Å². The normalized spacial score (nSPS) is 19.3. The number of amides is 1. The third-order valence-electron chi connectivity index (χ3n) is 3.80. The van der Waals surface area contributed by atoms with Gasteiger partial charge in [-0.1, -0.05) is 0 Å². The average Bonchev–Trinajstić information content (AvgIpc) is 3.02. The number of benzene rings is 1. The molecule has 3 rings (SSSR count). The van der Waals surface area contributed by atoms with Crippen LogP contribution in [0.15, 0.2) is 18.2 Å². The lowest BCUT2D eigenvalue weighted by molar-refractivity contribution is -0.155. The molecule has 23 heavy (non-hydrogen) atoms. The minimum atomic E-state index is -0.668. The molecule has 1 atom stereocenters. The van der Waals surface area contributed by atoms with E-state index in [0.717, 1.165) is 12.8 Å². The molecule has 1 fully saturated rings. The summed E-state index contributed by atoms with van der Waals surface area (Å²) < 4.78 is 15.5. The number of hydrogen-bond donors (Lipinski definition) is 1. The highest BCUT2D eigenvalue weighted by Gasteiger charge is 2.26. The van der Waals surface area contributed by atoms with Gasteiger partial charge in [0.2, 0.25) is 6.79 Å². The molecular formula is C16H17NO6. The van der Waals surface area contributed by atoms with E-state index in [0.29, 0.717) is 29.9 Å². The number of rotatable bonds is 4. The van der Waals surface area contributed by atoms with E-state index in [-0.39, 0.29) is 19.1 Å². The maximum Gasteiger partial charge on any atom is 0.326 e. The minimum Gasteiger partial charge on any atom is -0.454 e. The second-order valence-electron chi connectivity index (χ2n) is 5.44. The number of carbonyl (C=O) groups is 3. The Kier molecular flexibility index (Phi) is 4.45. The van der Waals surface area contributed by atoms with Crippen molar-refractivity contribution in [1.82, 2.24) is 5.32 Å².